The van der Waals surface area contributed by atoms with E-state index in [4.69, 9.17) is 10.2 Å². The van der Waals surface area contributed by atoms with E-state index < -0.39 is 17.9 Å². The Labute approximate surface area is 144 Å². The van der Waals surface area contributed by atoms with Crippen LogP contribution in [0.2, 0.25) is 0 Å². The average Bonchev–Trinajstić information content (AvgIpc) is 2.09. The molecule has 0 fully saturated rings. The van der Waals surface area contributed by atoms with Crippen LogP contribution in [0.5, 0.6) is 0 Å². The second kappa shape index (κ2) is 6.65. The van der Waals surface area contributed by atoms with Gasteiger partial charge in [-0.1, -0.05) is 17.7 Å². The van der Waals surface area contributed by atoms with Crippen LogP contribution in [0.15, 0.2) is 12.1 Å². The Morgan fingerprint density at radius 2 is 1.41 bits per heavy atom. The van der Waals surface area contributed by atoms with Gasteiger partial charge in [-0.15, -0.1) is 0 Å². The van der Waals surface area contributed by atoms with E-state index in [1.54, 1.807) is 26.0 Å². The van der Waals surface area contributed by atoms with E-state index in [2.05, 4.69) is 0 Å². The standard InChI is InChI=1S/C12H14O4.K.H/c1-6-4-7(2)9(8(3)5-6)10(11(13)14)12(15)16;;/h4-5,10H,1-3H3,(H,13,14)(H,15,16);;/q;+1;-1. The van der Waals surface area contributed by atoms with E-state index in [1.807, 2.05) is 6.92 Å². The Morgan fingerprint density at radius 1 is 1.06 bits per heavy atom. The number of aryl methyl sites for hydroxylation is 3. The molecule has 4 nitrogen and oxygen atoms in total. The van der Waals surface area contributed by atoms with Gasteiger partial charge in [0.15, 0.2) is 5.92 Å². The summed E-state index contributed by atoms with van der Waals surface area (Å²) < 4.78 is 0. The molecule has 0 spiro atoms. The zero-order chi connectivity index (χ0) is 12.5. The summed E-state index contributed by atoms with van der Waals surface area (Å²) in [5.41, 5.74) is 2.78. The largest absolute Gasteiger partial charge is 1.00 e. The van der Waals surface area contributed by atoms with Gasteiger partial charge in [0.05, 0.1) is 0 Å². The van der Waals surface area contributed by atoms with Gasteiger partial charge in [0.1, 0.15) is 0 Å². The minimum atomic E-state index is -1.49. The smallest absolute Gasteiger partial charge is 1.00 e. The van der Waals surface area contributed by atoms with Crippen molar-refractivity contribution < 1.29 is 72.6 Å². The topological polar surface area (TPSA) is 74.6 Å². The van der Waals surface area contributed by atoms with E-state index in [0.717, 1.165) is 5.56 Å². The number of carboxylic acid groups (broad SMARTS) is 2. The van der Waals surface area contributed by atoms with E-state index >= 15 is 0 Å². The molecule has 5 heteroatoms. The van der Waals surface area contributed by atoms with Crippen molar-refractivity contribution in [3.8, 4) is 0 Å². The summed E-state index contributed by atoms with van der Waals surface area (Å²) >= 11 is 0. The van der Waals surface area contributed by atoms with Crippen molar-refractivity contribution in [1.29, 1.82) is 0 Å². The minimum absolute atomic E-state index is 0. The molecule has 1 aromatic rings. The van der Waals surface area contributed by atoms with Crippen molar-refractivity contribution in [3.05, 3.63) is 34.4 Å². The van der Waals surface area contributed by atoms with Crippen LogP contribution >= 0.6 is 0 Å². The van der Waals surface area contributed by atoms with Gasteiger partial charge in [-0.05, 0) is 37.5 Å². The molecular formula is C12H15KO4. The summed E-state index contributed by atoms with van der Waals surface area (Å²) in [6, 6.07) is 3.59. The monoisotopic (exact) mass is 262 g/mol. The summed E-state index contributed by atoms with van der Waals surface area (Å²) in [6.45, 7) is 5.35. The van der Waals surface area contributed by atoms with Crippen molar-refractivity contribution in [2.75, 3.05) is 0 Å². The number of benzene rings is 1. The summed E-state index contributed by atoms with van der Waals surface area (Å²) in [5, 5.41) is 17.9. The minimum Gasteiger partial charge on any atom is -1.00 e. The SMILES string of the molecule is Cc1cc(C)c(C(C(=O)O)C(=O)O)c(C)c1.[H-].[K+]. The first-order chi connectivity index (χ1) is 7.34. The number of carboxylic acids is 2. The molecular weight excluding hydrogens is 247 g/mol. The average molecular weight is 262 g/mol. The fourth-order valence-electron chi connectivity index (χ4n) is 2.00. The maximum absolute atomic E-state index is 10.9. The molecule has 0 radical (unpaired) electrons. The Hall–Kier alpha value is -0.204. The summed E-state index contributed by atoms with van der Waals surface area (Å²) in [4.78, 5) is 21.9. The molecule has 0 aliphatic rings. The molecule has 2 N–H and O–H groups in total. The van der Waals surface area contributed by atoms with E-state index in [1.165, 1.54) is 0 Å². The van der Waals surface area contributed by atoms with Crippen LogP contribution in [-0.2, 0) is 9.59 Å². The predicted octanol–water partition coefficient (Wildman–Crippen LogP) is -1.02. The molecule has 0 aliphatic heterocycles. The normalized spacial score (nSPS) is 9.88. The van der Waals surface area contributed by atoms with Gasteiger partial charge in [-0.25, -0.2) is 0 Å². The molecule has 0 aromatic heterocycles. The fourth-order valence-corrected chi connectivity index (χ4v) is 2.00. The predicted molar refractivity (Wildman–Crippen MR) is 59.8 cm³/mol. The van der Waals surface area contributed by atoms with Crippen LogP contribution in [0.3, 0.4) is 0 Å². The second-order valence-corrected chi connectivity index (χ2v) is 3.92. The fraction of sp³-hybridized carbons (Fsp3) is 0.333. The van der Waals surface area contributed by atoms with Crippen LogP contribution in [0.4, 0.5) is 0 Å². The molecule has 0 saturated carbocycles. The first kappa shape index (κ1) is 16.8. The Morgan fingerprint density at radius 3 is 1.71 bits per heavy atom. The molecule has 0 saturated heterocycles. The van der Waals surface area contributed by atoms with Crippen LogP contribution in [0.25, 0.3) is 0 Å². The molecule has 17 heavy (non-hydrogen) atoms. The summed E-state index contributed by atoms with van der Waals surface area (Å²) in [5.74, 6) is -4.15. The maximum atomic E-state index is 10.9. The van der Waals surface area contributed by atoms with Crippen molar-refractivity contribution in [3.63, 3.8) is 0 Å². The zero-order valence-electron chi connectivity index (χ0n) is 11.4. The first-order valence-corrected chi connectivity index (χ1v) is 4.88. The molecule has 1 rings (SSSR count). The molecule has 0 aliphatic carbocycles. The van der Waals surface area contributed by atoms with Gasteiger partial charge in [-0.3, -0.25) is 9.59 Å². The van der Waals surface area contributed by atoms with E-state index in [9.17, 15) is 9.59 Å². The zero-order valence-corrected chi connectivity index (χ0v) is 13.6. The third-order valence-electron chi connectivity index (χ3n) is 2.52. The number of hydrogen-bond acceptors (Lipinski definition) is 2. The molecule has 0 bridgehead atoms. The number of carbonyl (C=O) groups is 2. The third kappa shape index (κ3) is 3.89. The molecule has 0 amide bonds. The third-order valence-corrected chi connectivity index (χ3v) is 2.52. The maximum Gasteiger partial charge on any atom is 1.00 e. The second-order valence-electron chi connectivity index (χ2n) is 3.92. The summed E-state index contributed by atoms with van der Waals surface area (Å²) in [6.07, 6.45) is 0. The number of rotatable bonds is 3. The first-order valence-electron chi connectivity index (χ1n) is 4.88. The van der Waals surface area contributed by atoms with Gasteiger partial charge in [0.2, 0.25) is 0 Å². The van der Waals surface area contributed by atoms with E-state index in [-0.39, 0.29) is 52.8 Å². The molecule has 1 aromatic carbocycles. The van der Waals surface area contributed by atoms with Crippen molar-refractivity contribution in [1.82, 2.24) is 0 Å². The van der Waals surface area contributed by atoms with E-state index in [0.29, 0.717) is 16.7 Å². The number of aliphatic carboxylic acids is 2. The van der Waals surface area contributed by atoms with Gasteiger partial charge in [0.25, 0.3) is 0 Å². The Balaban J connectivity index is 0. The van der Waals surface area contributed by atoms with Crippen LogP contribution in [0.1, 0.15) is 29.6 Å². The van der Waals surface area contributed by atoms with Crippen molar-refractivity contribution in [2.45, 2.75) is 26.7 Å². The van der Waals surface area contributed by atoms with Gasteiger partial charge in [-0.2, -0.15) is 0 Å². The van der Waals surface area contributed by atoms with Gasteiger partial charge < -0.3 is 11.6 Å². The Bertz CT molecular complexity index is 422. The molecule has 88 valence electrons. The molecule has 0 heterocycles. The summed E-state index contributed by atoms with van der Waals surface area (Å²) in [7, 11) is 0. The quantitative estimate of drug-likeness (QED) is 0.540. The van der Waals surface area contributed by atoms with Crippen LogP contribution in [-0.4, -0.2) is 22.2 Å². The van der Waals surface area contributed by atoms with Crippen LogP contribution < -0.4 is 51.4 Å². The molecule has 0 atom stereocenters. The van der Waals surface area contributed by atoms with Gasteiger partial charge in [0, 0.05) is 0 Å². The number of hydrogen-bond donors (Lipinski definition) is 2. The van der Waals surface area contributed by atoms with Crippen LogP contribution in [0, 0.1) is 20.8 Å². The Kier molecular flexibility index (Phi) is 6.58. The van der Waals surface area contributed by atoms with Crippen molar-refractivity contribution >= 4 is 11.9 Å². The van der Waals surface area contributed by atoms with Gasteiger partial charge >= 0.3 is 63.3 Å². The van der Waals surface area contributed by atoms with Crippen molar-refractivity contribution in [2.24, 2.45) is 0 Å². The molecule has 0 unspecified atom stereocenters.